The summed E-state index contributed by atoms with van der Waals surface area (Å²) in [5, 5.41) is 2.63. The largest absolute Gasteiger partial charge is 0.495 e. The number of amides is 3. The number of para-hydroxylation sites is 2. The second kappa shape index (κ2) is 8.17. The molecule has 1 N–H and O–H groups in total. The summed E-state index contributed by atoms with van der Waals surface area (Å²) in [5.41, 5.74) is 0.451. The van der Waals surface area contributed by atoms with Crippen molar-refractivity contribution in [3.05, 3.63) is 36.4 Å². The highest BCUT2D eigenvalue weighted by molar-refractivity contribution is 6.09. The minimum atomic E-state index is -1.05. The van der Waals surface area contributed by atoms with E-state index in [0.717, 1.165) is 11.3 Å². The average Bonchev–Trinajstić information content (AvgIpc) is 3.42. The maximum Gasteiger partial charge on any atom is 0.330 e. The van der Waals surface area contributed by atoms with Gasteiger partial charge in [-0.3, -0.25) is 19.3 Å². The molecule has 3 amide bonds. The number of rotatable bonds is 7. The maximum absolute atomic E-state index is 13.1. The van der Waals surface area contributed by atoms with Crippen LogP contribution in [0.1, 0.15) is 20.3 Å². The van der Waals surface area contributed by atoms with E-state index in [1.54, 1.807) is 38.1 Å². The fourth-order valence-electron chi connectivity index (χ4n) is 5.03. The fraction of sp³-hybridized carbons (Fsp3) is 0.478. The van der Waals surface area contributed by atoms with Crippen molar-refractivity contribution < 1.29 is 28.7 Å². The summed E-state index contributed by atoms with van der Waals surface area (Å²) in [7, 11) is 1.49. The number of carbonyl (C=O) groups excluding carboxylic acids is 4. The number of esters is 1. The summed E-state index contributed by atoms with van der Waals surface area (Å²) >= 11 is 0. The van der Waals surface area contributed by atoms with E-state index in [0.29, 0.717) is 11.4 Å². The lowest BCUT2D eigenvalue weighted by Crippen LogP contribution is -2.50. The predicted molar refractivity (Wildman–Crippen MR) is 111 cm³/mol. The fourth-order valence-corrected chi connectivity index (χ4v) is 5.03. The standard InChI is InChI=1S/C23H26N2O6/c1-12(2)20(25-21(27)18-13-8-9-14(10-13)19(18)22(25)28)23(29)31-11-17(26)24-15-6-4-5-7-16(15)30-3/h4-9,12-14,18-20H,10-11H2,1-3H3,(H,24,26)/t13-,14-,18-,19+,20-/m0/s1. The second-order valence-corrected chi connectivity index (χ2v) is 8.59. The van der Waals surface area contributed by atoms with Crippen LogP contribution < -0.4 is 10.1 Å². The van der Waals surface area contributed by atoms with Crippen molar-refractivity contribution in [3.63, 3.8) is 0 Å². The lowest BCUT2D eigenvalue weighted by atomic mass is 9.85. The molecule has 164 valence electrons. The van der Waals surface area contributed by atoms with Gasteiger partial charge in [-0.1, -0.05) is 38.1 Å². The Balaban J connectivity index is 1.42. The smallest absolute Gasteiger partial charge is 0.330 e. The van der Waals surface area contributed by atoms with Gasteiger partial charge in [0.05, 0.1) is 24.6 Å². The van der Waals surface area contributed by atoms with Crippen molar-refractivity contribution in [1.29, 1.82) is 0 Å². The molecule has 1 saturated carbocycles. The van der Waals surface area contributed by atoms with Gasteiger partial charge in [0, 0.05) is 0 Å². The minimum Gasteiger partial charge on any atom is -0.495 e. The van der Waals surface area contributed by atoms with E-state index in [-0.39, 0.29) is 41.4 Å². The van der Waals surface area contributed by atoms with Crippen molar-refractivity contribution >= 4 is 29.4 Å². The van der Waals surface area contributed by atoms with Gasteiger partial charge in [0.2, 0.25) is 11.8 Å². The Labute approximate surface area is 180 Å². The Kier molecular flexibility index (Phi) is 5.56. The molecule has 0 aromatic heterocycles. The van der Waals surface area contributed by atoms with E-state index in [4.69, 9.17) is 9.47 Å². The highest BCUT2D eigenvalue weighted by Gasteiger charge is 2.61. The van der Waals surface area contributed by atoms with E-state index < -0.39 is 24.5 Å². The van der Waals surface area contributed by atoms with Crippen LogP contribution in [0.5, 0.6) is 5.75 Å². The Bertz CT molecular complexity index is 925. The second-order valence-electron chi connectivity index (χ2n) is 8.59. The number of methoxy groups -OCH3 is 1. The number of nitrogens with one attached hydrogen (secondary N) is 1. The first-order valence-electron chi connectivity index (χ1n) is 10.5. The SMILES string of the molecule is COc1ccccc1NC(=O)COC(=O)[C@H](C(C)C)N1C(=O)[C@@H]2[C@H](C1=O)[C@H]1C=C[C@H]2C1. The molecule has 3 aliphatic rings. The van der Waals surface area contributed by atoms with Gasteiger partial charge < -0.3 is 14.8 Å². The zero-order valence-corrected chi connectivity index (χ0v) is 17.7. The van der Waals surface area contributed by atoms with Crippen LogP contribution >= 0.6 is 0 Å². The van der Waals surface area contributed by atoms with Crippen molar-refractivity contribution in [3.8, 4) is 5.75 Å². The van der Waals surface area contributed by atoms with E-state index >= 15 is 0 Å². The number of benzene rings is 1. The predicted octanol–water partition coefficient (Wildman–Crippen LogP) is 2.01. The Hall–Kier alpha value is -3.16. The summed E-state index contributed by atoms with van der Waals surface area (Å²) in [4.78, 5) is 52.3. The van der Waals surface area contributed by atoms with Crippen LogP contribution in [0.4, 0.5) is 5.69 Å². The van der Waals surface area contributed by atoms with E-state index in [9.17, 15) is 19.2 Å². The Morgan fingerprint density at radius 3 is 2.29 bits per heavy atom. The number of ether oxygens (including phenoxy) is 2. The summed E-state index contributed by atoms with van der Waals surface area (Å²) < 4.78 is 10.4. The molecule has 4 rings (SSSR count). The number of anilines is 1. The number of hydrogen-bond acceptors (Lipinski definition) is 6. The molecule has 0 radical (unpaired) electrons. The third-order valence-corrected chi connectivity index (χ3v) is 6.38. The zero-order valence-electron chi connectivity index (χ0n) is 17.7. The zero-order chi connectivity index (χ0) is 22.3. The number of likely N-dealkylation sites (tertiary alicyclic amines) is 1. The van der Waals surface area contributed by atoms with Gasteiger partial charge in [0.1, 0.15) is 11.8 Å². The first kappa shape index (κ1) is 21.1. The monoisotopic (exact) mass is 426 g/mol. The van der Waals surface area contributed by atoms with E-state index in [2.05, 4.69) is 5.32 Å². The molecule has 5 atom stereocenters. The Morgan fingerprint density at radius 2 is 1.71 bits per heavy atom. The highest BCUT2D eigenvalue weighted by Crippen LogP contribution is 2.53. The number of hydrogen-bond donors (Lipinski definition) is 1. The van der Waals surface area contributed by atoms with E-state index in [1.165, 1.54) is 7.11 Å². The average molecular weight is 426 g/mol. The molecular formula is C23H26N2O6. The quantitative estimate of drug-likeness (QED) is 0.407. The first-order valence-corrected chi connectivity index (χ1v) is 10.5. The molecular weight excluding hydrogens is 400 g/mol. The number of allylic oxidation sites excluding steroid dienone is 2. The van der Waals surface area contributed by atoms with Gasteiger partial charge in [-0.05, 0) is 36.3 Å². The van der Waals surface area contributed by atoms with Crippen LogP contribution in [0.2, 0.25) is 0 Å². The van der Waals surface area contributed by atoms with Crippen molar-refractivity contribution in [2.45, 2.75) is 26.3 Å². The third-order valence-electron chi connectivity index (χ3n) is 6.38. The maximum atomic E-state index is 13.1. The van der Waals surface area contributed by atoms with Crippen LogP contribution in [-0.4, -0.2) is 48.3 Å². The highest BCUT2D eigenvalue weighted by atomic mass is 16.5. The van der Waals surface area contributed by atoms with Gasteiger partial charge in [0.25, 0.3) is 5.91 Å². The van der Waals surface area contributed by atoms with Gasteiger partial charge in [-0.2, -0.15) is 0 Å². The molecule has 2 bridgehead atoms. The molecule has 1 aromatic rings. The number of fused-ring (bicyclic) bond motifs is 5. The first-order chi connectivity index (χ1) is 14.8. The normalized spacial score (nSPS) is 26.9. The van der Waals surface area contributed by atoms with Gasteiger partial charge in [-0.25, -0.2) is 4.79 Å². The van der Waals surface area contributed by atoms with Gasteiger partial charge in [0.15, 0.2) is 6.61 Å². The number of nitrogens with zero attached hydrogens (tertiary/aromatic N) is 1. The molecule has 8 heteroatoms. The van der Waals surface area contributed by atoms with Crippen molar-refractivity contribution in [1.82, 2.24) is 4.90 Å². The molecule has 1 aliphatic heterocycles. The molecule has 1 aromatic carbocycles. The van der Waals surface area contributed by atoms with Crippen molar-refractivity contribution in [2.75, 3.05) is 19.0 Å². The van der Waals surface area contributed by atoms with Crippen LogP contribution in [0.25, 0.3) is 0 Å². The summed E-state index contributed by atoms with van der Waals surface area (Å²) in [6, 6.07) is 5.81. The van der Waals surface area contributed by atoms with Crippen LogP contribution in [-0.2, 0) is 23.9 Å². The minimum absolute atomic E-state index is 0.0620. The van der Waals surface area contributed by atoms with E-state index in [1.807, 2.05) is 12.2 Å². The summed E-state index contributed by atoms with van der Waals surface area (Å²) in [6.07, 6.45) is 4.83. The molecule has 1 heterocycles. The third kappa shape index (κ3) is 3.60. The molecule has 1 saturated heterocycles. The topological polar surface area (TPSA) is 102 Å². The summed E-state index contributed by atoms with van der Waals surface area (Å²) in [5.74, 6) is -2.42. The number of carbonyl (C=O) groups is 4. The molecule has 2 fully saturated rings. The molecule has 0 spiro atoms. The number of imide groups is 1. The summed E-state index contributed by atoms with van der Waals surface area (Å²) in [6.45, 7) is 2.97. The Morgan fingerprint density at radius 1 is 1.10 bits per heavy atom. The lowest BCUT2D eigenvalue weighted by Gasteiger charge is -2.28. The van der Waals surface area contributed by atoms with Crippen LogP contribution in [0.3, 0.4) is 0 Å². The lowest BCUT2D eigenvalue weighted by molar-refractivity contribution is -0.162. The molecule has 8 nitrogen and oxygen atoms in total. The molecule has 2 aliphatic carbocycles. The van der Waals surface area contributed by atoms with Gasteiger partial charge >= 0.3 is 5.97 Å². The van der Waals surface area contributed by atoms with Crippen molar-refractivity contribution in [2.24, 2.45) is 29.6 Å². The molecule has 0 unspecified atom stereocenters. The van der Waals surface area contributed by atoms with Gasteiger partial charge in [-0.15, -0.1) is 0 Å². The molecule has 31 heavy (non-hydrogen) atoms. The van der Waals surface area contributed by atoms with Crippen LogP contribution in [0, 0.1) is 29.6 Å². The van der Waals surface area contributed by atoms with Crippen LogP contribution in [0.15, 0.2) is 36.4 Å².